The molecule has 0 bridgehead atoms. The number of rotatable bonds is 7. The van der Waals surface area contributed by atoms with Gasteiger partial charge in [0.15, 0.2) is 0 Å². The van der Waals surface area contributed by atoms with Crippen LogP contribution in [0.2, 0.25) is 0 Å². The average molecular weight is 251 g/mol. The van der Waals surface area contributed by atoms with Crippen LogP contribution < -0.4 is 5.73 Å². The van der Waals surface area contributed by atoms with E-state index < -0.39 is 6.04 Å². The van der Waals surface area contributed by atoms with Crippen molar-refractivity contribution >= 4 is 5.91 Å². The van der Waals surface area contributed by atoms with Crippen molar-refractivity contribution in [2.45, 2.75) is 25.9 Å². The molecule has 0 radical (unpaired) electrons. The molecule has 18 heavy (non-hydrogen) atoms. The highest BCUT2D eigenvalue weighted by atomic mass is 16.5. The fraction of sp³-hybridized carbons (Fsp3) is 0.538. The lowest BCUT2D eigenvalue weighted by Crippen LogP contribution is -2.42. The normalized spacial score (nSPS) is 12.2. The van der Waals surface area contributed by atoms with Crippen LogP contribution >= 0.6 is 0 Å². The van der Waals surface area contributed by atoms with E-state index in [1.54, 1.807) is 31.3 Å². The van der Waals surface area contributed by atoms with Gasteiger partial charge in [-0.15, -0.1) is 0 Å². The molecular formula is C13H21N3O2. The molecule has 0 saturated heterocycles. The molecule has 0 aliphatic carbocycles. The molecule has 1 aromatic heterocycles. The number of hydrogen-bond donors (Lipinski definition) is 1. The fourth-order valence-corrected chi connectivity index (χ4v) is 1.67. The molecule has 2 N–H and O–H groups in total. The number of pyridine rings is 1. The Hall–Kier alpha value is -1.46. The molecule has 0 saturated carbocycles. The molecule has 0 aliphatic heterocycles. The second kappa shape index (κ2) is 7.79. The van der Waals surface area contributed by atoms with Crippen LogP contribution in [0.25, 0.3) is 0 Å². The minimum absolute atomic E-state index is 0.0463. The zero-order valence-corrected chi connectivity index (χ0v) is 11.0. The molecule has 0 aliphatic rings. The SMILES string of the molecule is COCCCN(Cc1cccnc1)C(=O)[C@H](C)N. The Morgan fingerprint density at radius 1 is 1.61 bits per heavy atom. The number of amides is 1. The van der Waals surface area contributed by atoms with Gasteiger partial charge in [0.2, 0.25) is 5.91 Å². The molecule has 1 heterocycles. The first-order valence-corrected chi connectivity index (χ1v) is 6.07. The van der Waals surface area contributed by atoms with Gasteiger partial charge in [-0.2, -0.15) is 0 Å². The first-order chi connectivity index (χ1) is 8.65. The van der Waals surface area contributed by atoms with Gasteiger partial charge in [0.05, 0.1) is 6.04 Å². The first kappa shape index (κ1) is 14.6. The summed E-state index contributed by atoms with van der Waals surface area (Å²) < 4.78 is 5.00. The van der Waals surface area contributed by atoms with Gasteiger partial charge >= 0.3 is 0 Å². The van der Waals surface area contributed by atoms with Crippen molar-refractivity contribution in [2.75, 3.05) is 20.3 Å². The highest BCUT2D eigenvalue weighted by Crippen LogP contribution is 2.05. The summed E-state index contributed by atoms with van der Waals surface area (Å²) in [6.45, 7) is 3.52. The molecule has 1 aromatic rings. The topological polar surface area (TPSA) is 68.5 Å². The molecule has 5 nitrogen and oxygen atoms in total. The van der Waals surface area contributed by atoms with E-state index in [9.17, 15) is 4.79 Å². The summed E-state index contributed by atoms with van der Waals surface area (Å²) in [5.74, 6) is -0.0463. The van der Waals surface area contributed by atoms with Gasteiger partial charge in [0.1, 0.15) is 0 Å². The Morgan fingerprint density at radius 2 is 2.39 bits per heavy atom. The van der Waals surface area contributed by atoms with Crippen molar-refractivity contribution in [1.82, 2.24) is 9.88 Å². The number of carbonyl (C=O) groups is 1. The van der Waals surface area contributed by atoms with E-state index in [2.05, 4.69) is 4.98 Å². The van der Waals surface area contributed by atoms with E-state index in [-0.39, 0.29) is 5.91 Å². The monoisotopic (exact) mass is 251 g/mol. The Morgan fingerprint density at radius 3 is 2.94 bits per heavy atom. The molecule has 0 fully saturated rings. The zero-order chi connectivity index (χ0) is 13.4. The smallest absolute Gasteiger partial charge is 0.239 e. The maximum absolute atomic E-state index is 12.0. The van der Waals surface area contributed by atoms with Crippen LogP contribution in [-0.2, 0) is 16.1 Å². The fourth-order valence-electron chi connectivity index (χ4n) is 1.67. The van der Waals surface area contributed by atoms with Crippen molar-refractivity contribution in [3.8, 4) is 0 Å². The van der Waals surface area contributed by atoms with Crippen LogP contribution in [-0.4, -0.2) is 42.1 Å². The summed E-state index contributed by atoms with van der Waals surface area (Å²) in [5, 5.41) is 0. The minimum atomic E-state index is -0.482. The van der Waals surface area contributed by atoms with Gasteiger partial charge in [-0.3, -0.25) is 9.78 Å². The molecule has 100 valence electrons. The second-order valence-corrected chi connectivity index (χ2v) is 4.26. The number of methoxy groups -OCH3 is 1. The highest BCUT2D eigenvalue weighted by Gasteiger charge is 2.17. The number of hydrogen-bond acceptors (Lipinski definition) is 4. The van der Waals surface area contributed by atoms with Crippen molar-refractivity contribution in [3.05, 3.63) is 30.1 Å². The largest absolute Gasteiger partial charge is 0.385 e. The Kier molecular flexibility index (Phi) is 6.32. The summed E-state index contributed by atoms with van der Waals surface area (Å²) in [4.78, 5) is 17.8. The summed E-state index contributed by atoms with van der Waals surface area (Å²) in [6.07, 6.45) is 4.28. The molecule has 1 rings (SSSR count). The predicted octanol–water partition coefficient (Wildman–Crippen LogP) is 0.794. The second-order valence-electron chi connectivity index (χ2n) is 4.26. The number of nitrogens with two attached hydrogens (primary N) is 1. The molecule has 1 amide bonds. The molecule has 0 unspecified atom stereocenters. The number of nitrogens with zero attached hydrogens (tertiary/aromatic N) is 2. The van der Waals surface area contributed by atoms with Gasteiger partial charge in [-0.05, 0) is 25.0 Å². The van der Waals surface area contributed by atoms with Crippen molar-refractivity contribution in [1.29, 1.82) is 0 Å². The first-order valence-electron chi connectivity index (χ1n) is 6.07. The Bertz CT molecular complexity index is 355. The summed E-state index contributed by atoms with van der Waals surface area (Å²) in [5.41, 5.74) is 6.66. The molecule has 0 aromatic carbocycles. The highest BCUT2D eigenvalue weighted by molar-refractivity contribution is 5.81. The molecule has 1 atom stereocenters. The van der Waals surface area contributed by atoms with E-state index >= 15 is 0 Å². The standard InChI is InChI=1S/C13H21N3O2/c1-11(14)13(17)16(7-4-8-18-2)10-12-5-3-6-15-9-12/h3,5-6,9,11H,4,7-8,10,14H2,1-2H3/t11-/m0/s1. The molecule has 0 spiro atoms. The van der Waals surface area contributed by atoms with Crippen LogP contribution in [0, 0.1) is 0 Å². The summed E-state index contributed by atoms with van der Waals surface area (Å²) >= 11 is 0. The quantitative estimate of drug-likeness (QED) is 0.728. The average Bonchev–Trinajstić information content (AvgIpc) is 2.38. The lowest BCUT2D eigenvalue weighted by atomic mass is 10.2. The van der Waals surface area contributed by atoms with Gasteiger partial charge in [-0.25, -0.2) is 0 Å². The van der Waals surface area contributed by atoms with Crippen LogP contribution in [0.4, 0.5) is 0 Å². The molecular weight excluding hydrogens is 230 g/mol. The zero-order valence-electron chi connectivity index (χ0n) is 11.0. The third kappa shape index (κ3) is 4.81. The van der Waals surface area contributed by atoms with E-state index in [0.717, 1.165) is 12.0 Å². The van der Waals surface area contributed by atoms with Gasteiger partial charge in [0, 0.05) is 39.2 Å². The maximum Gasteiger partial charge on any atom is 0.239 e. The third-order valence-corrected chi connectivity index (χ3v) is 2.57. The van der Waals surface area contributed by atoms with Crippen LogP contribution in [0.15, 0.2) is 24.5 Å². The number of ether oxygens (including phenoxy) is 1. The minimum Gasteiger partial charge on any atom is -0.385 e. The van der Waals surface area contributed by atoms with Crippen molar-refractivity contribution in [2.24, 2.45) is 5.73 Å². The summed E-state index contributed by atoms with van der Waals surface area (Å²) in [6, 6.07) is 3.33. The van der Waals surface area contributed by atoms with E-state index in [4.69, 9.17) is 10.5 Å². The van der Waals surface area contributed by atoms with Crippen LogP contribution in [0.5, 0.6) is 0 Å². The van der Waals surface area contributed by atoms with Gasteiger partial charge < -0.3 is 15.4 Å². The van der Waals surface area contributed by atoms with Crippen molar-refractivity contribution < 1.29 is 9.53 Å². The van der Waals surface area contributed by atoms with E-state index in [1.165, 1.54) is 0 Å². The number of carbonyl (C=O) groups excluding carboxylic acids is 1. The van der Waals surface area contributed by atoms with Gasteiger partial charge in [0.25, 0.3) is 0 Å². The Labute approximate surface area is 108 Å². The molecule has 5 heteroatoms. The van der Waals surface area contributed by atoms with E-state index in [1.807, 2.05) is 12.1 Å². The predicted molar refractivity (Wildman–Crippen MR) is 69.8 cm³/mol. The maximum atomic E-state index is 12.0. The van der Waals surface area contributed by atoms with Crippen LogP contribution in [0.1, 0.15) is 18.9 Å². The van der Waals surface area contributed by atoms with E-state index in [0.29, 0.717) is 19.7 Å². The number of aromatic nitrogens is 1. The lowest BCUT2D eigenvalue weighted by molar-refractivity contribution is -0.133. The van der Waals surface area contributed by atoms with Crippen LogP contribution in [0.3, 0.4) is 0 Å². The van der Waals surface area contributed by atoms with Crippen molar-refractivity contribution in [3.63, 3.8) is 0 Å². The third-order valence-electron chi connectivity index (χ3n) is 2.57. The lowest BCUT2D eigenvalue weighted by Gasteiger charge is -2.24. The van der Waals surface area contributed by atoms with Gasteiger partial charge in [-0.1, -0.05) is 6.07 Å². The Balaban J connectivity index is 2.62. The summed E-state index contributed by atoms with van der Waals surface area (Å²) in [7, 11) is 1.65.